The third kappa shape index (κ3) is 3.04. The Bertz CT molecular complexity index is 682. The van der Waals surface area contributed by atoms with Gasteiger partial charge in [0.2, 0.25) is 11.8 Å². The Morgan fingerprint density at radius 3 is 2.57 bits per heavy atom. The van der Waals surface area contributed by atoms with Gasteiger partial charge >= 0.3 is 0 Å². The lowest BCUT2D eigenvalue weighted by Gasteiger charge is -2.35. The number of rotatable bonds is 4. The Kier molecular flexibility index (Phi) is 3.69. The number of aromatic nitrogens is 4. The molecule has 1 saturated heterocycles. The van der Waals surface area contributed by atoms with E-state index < -0.39 is 0 Å². The molecule has 1 saturated carbocycles. The van der Waals surface area contributed by atoms with E-state index in [1.54, 1.807) is 25.7 Å². The fourth-order valence-electron chi connectivity index (χ4n) is 2.87. The zero-order valence-electron chi connectivity index (χ0n) is 13.2. The van der Waals surface area contributed by atoms with E-state index in [1.807, 2.05) is 0 Å². The molecular formula is C16H20N6O. The second kappa shape index (κ2) is 5.98. The zero-order valence-corrected chi connectivity index (χ0v) is 13.2. The molecule has 4 rings (SSSR count). The molecule has 1 aliphatic carbocycles. The molecule has 2 fully saturated rings. The van der Waals surface area contributed by atoms with E-state index in [-0.39, 0.29) is 0 Å². The largest absolute Gasteiger partial charge is 0.481 e. The highest BCUT2D eigenvalue weighted by atomic mass is 16.5. The highest BCUT2D eigenvalue weighted by Gasteiger charge is 2.26. The number of piperazine rings is 1. The van der Waals surface area contributed by atoms with E-state index in [0.29, 0.717) is 11.8 Å². The topological polar surface area (TPSA) is 67.3 Å². The van der Waals surface area contributed by atoms with Gasteiger partial charge in [0.25, 0.3) is 0 Å². The summed E-state index contributed by atoms with van der Waals surface area (Å²) in [5.41, 5.74) is 1.19. The third-order valence-corrected chi connectivity index (χ3v) is 4.38. The number of nitrogens with zero attached hydrogens (tertiary/aromatic N) is 6. The van der Waals surface area contributed by atoms with Crippen LogP contribution in [0.1, 0.15) is 24.5 Å². The van der Waals surface area contributed by atoms with Gasteiger partial charge in [-0.05, 0) is 12.8 Å². The lowest BCUT2D eigenvalue weighted by Crippen LogP contribution is -2.47. The van der Waals surface area contributed by atoms with Crippen LogP contribution in [-0.2, 0) is 0 Å². The SMILES string of the molecule is COc1ccnc(N2CCN(c3cc(C4CC4)ncn3)CC2)n1. The van der Waals surface area contributed by atoms with Crippen LogP contribution >= 0.6 is 0 Å². The van der Waals surface area contributed by atoms with Crippen LogP contribution in [0.15, 0.2) is 24.7 Å². The van der Waals surface area contributed by atoms with Crippen LogP contribution in [-0.4, -0.2) is 53.2 Å². The summed E-state index contributed by atoms with van der Waals surface area (Å²) in [6.07, 6.45) is 5.95. The van der Waals surface area contributed by atoms with Crippen molar-refractivity contribution in [2.75, 3.05) is 43.1 Å². The number of hydrogen-bond donors (Lipinski definition) is 0. The van der Waals surface area contributed by atoms with Crippen molar-refractivity contribution in [3.63, 3.8) is 0 Å². The molecule has 0 radical (unpaired) electrons. The van der Waals surface area contributed by atoms with Gasteiger partial charge in [0.15, 0.2) is 0 Å². The minimum Gasteiger partial charge on any atom is -0.481 e. The minimum atomic E-state index is 0.599. The van der Waals surface area contributed by atoms with E-state index in [0.717, 1.165) is 37.9 Å². The maximum atomic E-state index is 5.17. The van der Waals surface area contributed by atoms with Gasteiger partial charge in [-0.25, -0.2) is 15.0 Å². The molecule has 2 aromatic heterocycles. The van der Waals surface area contributed by atoms with Crippen molar-refractivity contribution in [3.05, 3.63) is 30.4 Å². The Balaban J connectivity index is 1.43. The molecule has 0 amide bonds. The van der Waals surface area contributed by atoms with Gasteiger partial charge in [0.05, 0.1) is 7.11 Å². The average molecular weight is 312 g/mol. The zero-order chi connectivity index (χ0) is 15.6. The predicted molar refractivity (Wildman–Crippen MR) is 87.0 cm³/mol. The number of ether oxygens (including phenoxy) is 1. The number of hydrogen-bond acceptors (Lipinski definition) is 7. The fourth-order valence-corrected chi connectivity index (χ4v) is 2.87. The second-order valence-electron chi connectivity index (χ2n) is 5.95. The van der Waals surface area contributed by atoms with E-state index in [9.17, 15) is 0 Å². The van der Waals surface area contributed by atoms with Crippen LogP contribution < -0.4 is 14.5 Å². The van der Waals surface area contributed by atoms with Gasteiger partial charge in [-0.3, -0.25) is 0 Å². The Hall–Kier alpha value is -2.44. The molecule has 0 N–H and O–H groups in total. The van der Waals surface area contributed by atoms with E-state index in [4.69, 9.17) is 4.74 Å². The molecule has 0 aromatic carbocycles. The first-order chi connectivity index (χ1) is 11.3. The van der Waals surface area contributed by atoms with Crippen molar-refractivity contribution >= 4 is 11.8 Å². The highest BCUT2D eigenvalue weighted by molar-refractivity contribution is 5.44. The quantitative estimate of drug-likeness (QED) is 0.847. The van der Waals surface area contributed by atoms with Crippen LogP contribution in [0.3, 0.4) is 0 Å². The van der Waals surface area contributed by atoms with Crippen LogP contribution in [0.25, 0.3) is 0 Å². The van der Waals surface area contributed by atoms with E-state index in [1.165, 1.54) is 18.5 Å². The van der Waals surface area contributed by atoms with Crippen LogP contribution in [0.5, 0.6) is 5.88 Å². The Morgan fingerprint density at radius 2 is 1.83 bits per heavy atom. The van der Waals surface area contributed by atoms with Gasteiger partial charge in [-0.1, -0.05) is 0 Å². The monoisotopic (exact) mass is 312 g/mol. The molecule has 3 heterocycles. The highest BCUT2D eigenvalue weighted by Crippen LogP contribution is 2.39. The fraction of sp³-hybridized carbons (Fsp3) is 0.500. The number of methoxy groups -OCH3 is 1. The smallest absolute Gasteiger partial charge is 0.228 e. The van der Waals surface area contributed by atoms with Crippen molar-refractivity contribution in [2.24, 2.45) is 0 Å². The standard InChI is InChI=1S/C16H20N6O/c1-23-15-4-5-17-16(20-15)22-8-6-21(7-9-22)14-10-13(12-2-3-12)18-11-19-14/h4-5,10-12H,2-3,6-9H2,1H3. The van der Waals surface area contributed by atoms with Crippen LogP contribution in [0, 0.1) is 0 Å². The molecule has 2 aromatic rings. The maximum absolute atomic E-state index is 5.17. The molecule has 23 heavy (non-hydrogen) atoms. The maximum Gasteiger partial charge on any atom is 0.228 e. The summed E-state index contributed by atoms with van der Waals surface area (Å²) in [6, 6.07) is 3.91. The van der Waals surface area contributed by atoms with Crippen molar-refractivity contribution in [3.8, 4) is 5.88 Å². The third-order valence-electron chi connectivity index (χ3n) is 4.38. The lowest BCUT2D eigenvalue weighted by molar-refractivity contribution is 0.396. The average Bonchev–Trinajstić information content (AvgIpc) is 3.47. The van der Waals surface area contributed by atoms with Gasteiger partial charge < -0.3 is 14.5 Å². The molecule has 0 bridgehead atoms. The molecule has 7 heteroatoms. The van der Waals surface area contributed by atoms with Crippen LogP contribution in [0.2, 0.25) is 0 Å². The Labute approximate surface area is 135 Å². The molecule has 2 aliphatic rings. The van der Waals surface area contributed by atoms with Gasteiger partial charge in [0, 0.05) is 56.1 Å². The van der Waals surface area contributed by atoms with E-state index >= 15 is 0 Å². The van der Waals surface area contributed by atoms with Gasteiger partial charge in [-0.2, -0.15) is 4.98 Å². The van der Waals surface area contributed by atoms with Gasteiger partial charge in [-0.15, -0.1) is 0 Å². The molecular weight excluding hydrogens is 292 g/mol. The normalized spacial score (nSPS) is 18.1. The van der Waals surface area contributed by atoms with E-state index in [2.05, 4.69) is 35.8 Å². The summed E-state index contributed by atoms with van der Waals surface area (Å²) in [7, 11) is 1.62. The summed E-state index contributed by atoms with van der Waals surface area (Å²) >= 11 is 0. The summed E-state index contributed by atoms with van der Waals surface area (Å²) in [6.45, 7) is 3.55. The lowest BCUT2D eigenvalue weighted by atomic mass is 10.2. The summed E-state index contributed by atoms with van der Waals surface area (Å²) in [5, 5.41) is 0. The summed E-state index contributed by atoms with van der Waals surface area (Å²) in [5.74, 6) is 3.02. The molecule has 1 aliphatic heterocycles. The summed E-state index contributed by atoms with van der Waals surface area (Å²) < 4.78 is 5.17. The first kappa shape index (κ1) is 14.2. The van der Waals surface area contributed by atoms with Crippen molar-refractivity contribution in [1.29, 1.82) is 0 Å². The number of anilines is 2. The van der Waals surface area contributed by atoms with Crippen molar-refractivity contribution in [2.45, 2.75) is 18.8 Å². The molecule has 0 atom stereocenters. The molecule has 120 valence electrons. The van der Waals surface area contributed by atoms with Crippen LogP contribution in [0.4, 0.5) is 11.8 Å². The van der Waals surface area contributed by atoms with Gasteiger partial charge in [0.1, 0.15) is 12.1 Å². The minimum absolute atomic E-state index is 0.599. The summed E-state index contributed by atoms with van der Waals surface area (Å²) in [4.78, 5) is 22.1. The molecule has 7 nitrogen and oxygen atoms in total. The van der Waals surface area contributed by atoms with Crippen molar-refractivity contribution < 1.29 is 4.74 Å². The first-order valence-corrected chi connectivity index (χ1v) is 8.02. The Morgan fingerprint density at radius 1 is 1.04 bits per heavy atom. The first-order valence-electron chi connectivity index (χ1n) is 8.02. The second-order valence-corrected chi connectivity index (χ2v) is 5.95. The molecule has 0 spiro atoms. The van der Waals surface area contributed by atoms with Crippen molar-refractivity contribution in [1.82, 2.24) is 19.9 Å². The predicted octanol–water partition coefficient (Wildman–Crippen LogP) is 1.48. The molecule has 0 unspecified atom stereocenters.